The van der Waals surface area contributed by atoms with E-state index in [1.54, 1.807) is 16.9 Å². The second-order valence-electron chi connectivity index (χ2n) is 5.77. The molecule has 2 heterocycles. The molecule has 122 valence electrons. The third kappa shape index (κ3) is 2.72. The van der Waals surface area contributed by atoms with Crippen LogP contribution in [0.15, 0.2) is 12.3 Å². The van der Waals surface area contributed by atoms with Gasteiger partial charge in [0.15, 0.2) is 0 Å². The highest BCUT2D eigenvalue weighted by Crippen LogP contribution is 2.36. The topological polar surface area (TPSA) is 95.7 Å². The number of carbonyl (C=O) groups excluding carboxylic acids is 1. The Morgan fingerprint density at radius 3 is 2.77 bits per heavy atom. The van der Waals surface area contributed by atoms with Crippen LogP contribution in [0.25, 0.3) is 0 Å². The lowest BCUT2D eigenvalue weighted by molar-refractivity contribution is -0.162. The lowest BCUT2D eigenvalue weighted by Crippen LogP contribution is -2.57. The molecule has 0 radical (unpaired) electrons. The average molecular weight is 309 g/mol. The minimum atomic E-state index is -1.28. The van der Waals surface area contributed by atoms with Crippen molar-refractivity contribution in [2.45, 2.75) is 45.8 Å². The van der Waals surface area contributed by atoms with Crippen LogP contribution in [-0.2, 0) is 11.3 Å². The van der Waals surface area contributed by atoms with Gasteiger partial charge in [0.25, 0.3) is 5.91 Å². The van der Waals surface area contributed by atoms with Crippen LogP contribution in [0.5, 0.6) is 0 Å². The van der Waals surface area contributed by atoms with Crippen molar-refractivity contribution in [3.63, 3.8) is 0 Å². The van der Waals surface area contributed by atoms with E-state index in [0.717, 1.165) is 0 Å². The zero-order chi connectivity index (χ0) is 16.3. The fourth-order valence-electron chi connectivity index (χ4n) is 3.19. The minimum Gasteiger partial charge on any atom is -0.481 e. The Morgan fingerprint density at radius 2 is 2.18 bits per heavy atom. The van der Waals surface area contributed by atoms with Crippen LogP contribution in [0.1, 0.15) is 43.6 Å². The molecule has 1 aromatic heterocycles. The van der Waals surface area contributed by atoms with E-state index in [1.165, 1.54) is 4.90 Å². The van der Waals surface area contributed by atoms with Crippen molar-refractivity contribution in [1.82, 2.24) is 14.7 Å². The zero-order valence-corrected chi connectivity index (χ0v) is 13.0. The first kappa shape index (κ1) is 16.5. The van der Waals surface area contributed by atoms with Gasteiger partial charge in [-0.25, -0.2) is 0 Å². The lowest BCUT2D eigenvalue weighted by Gasteiger charge is -2.43. The quantitative estimate of drug-likeness (QED) is 0.845. The second-order valence-corrected chi connectivity index (χ2v) is 5.77. The van der Waals surface area contributed by atoms with Crippen molar-refractivity contribution in [2.24, 2.45) is 5.41 Å². The minimum absolute atomic E-state index is 0.0328. The van der Waals surface area contributed by atoms with E-state index in [0.29, 0.717) is 31.6 Å². The number of piperidine rings is 1. The van der Waals surface area contributed by atoms with Crippen LogP contribution >= 0.6 is 0 Å². The van der Waals surface area contributed by atoms with Gasteiger partial charge in [-0.2, -0.15) is 5.10 Å². The Labute approximate surface area is 129 Å². The maximum Gasteiger partial charge on any atom is 0.314 e. The summed E-state index contributed by atoms with van der Waals surface area (Å²) in [5.41, 5.74) is -0.825. The van der Waals surface area contributed by atoms with Gasteiger partial charge in [0, 0.05) is 25.8 Å². The third-order valence-corrected chi connectivity index (χ3v) is 4.43. The number of likely N-dealkylation sites (tertiary alicyclic amines) is 1. The molecule has 2 N–H and O–H groups in total. The van der Waals surface area contributed by atoms with Gasteiger partial charge < -0.3 is 15.1 Å². The number of hydrogen-bond donors (Lipinski definition) is 2. The van der Waals surface area contributed by atoms with Crippen LogP contribution < -0.4 is 0 Å². The summed E-state index contributed by atoms with van der Waals surface area (Å²) < 4.78 is 1.59. The number of aryl methyl sites for hydroxylation is 1. The van der Waals surface area contributed by atoms with Gasteiger partial charge in [-0.15, -0.1) is 0 Å². The van der Waals surface area contributed by atoms with Gasteiger partial charge in [-0.3, -0.25) is 14.3 Å². The molecule has 7 heteroatoms. The lowest BCUT2D eigenvalue weighted by atomic mass is 9.74. The summed E-state index contributed by atoms with van der Waals surface area (Å²) >= 11 is 0. The normalized spacial score (nSPS) is 25.2. The highest BCUT2D eigenvalue weighted by molar-refractivity contribution is 5.93. The number of aromatic nitrogens is 2. The molecule has 0 spiro atoms. The maximum absolute atomic E-state index is 12.7. The number of hydrogen-bond acceptors (Lipinski definition) is 4. The van der Waals surface area contributed by atoms with E-state index in [2.05, 4.69) is 5.10 Å². The van der Waals surface area contributed by atoms with Crippen molar-refractivity contribution in [3.8, 4) is 0 Å². The molecule has 0 saturated carbocycles. The summed E-state index contributed by atoms with van der Waals surface area (Å²) in [5.74, 6) is -1.27. The average Bonchev–Trinajstić information content (AvgIpc) is 2.97. The molecule has 0 bridgehead atoms. The van der Waals surface area contributed by atoms with Gasteiger partial charge in [0.2, 0.25) is 0 Å². The van der Waals surface area contributed by atoms with E-state index in [-0.39, 0.29) is 18.9 Å². The molecule has 1 fully saturated rings. The SMILES string of the molecule is CCC[C@@]1(C(=O)O)CN(C(=O)c2ccnn2CC)CC[C@H]1O. The molecule has 0 aliphatic carbocycles. The summed E-state index contributed by atoms with van der Waals surface area (Å²) in [4.78, 5) is 25.9. The highest BCUT2D eigenvalue weighted by Gasteiger charge is 2.49. The predicted molar refractivity (Wildman–Crippen MR) is 79.4 cm³/mol. The van der Waals surface area contributed by atoms with Gasteiger partial charge in [0.05, 0.1) is 6.10 Å². The van der Waals surface area contributed by atoms with E-state index in [1.807, 2.05) is 13.8 Å². The third-order valence-electron chi connectivity index (χ3n) is 4.43. The van der Waals surface area contributed by atoms with Gasteiger partial charge in [-0.05, 0) is 25.8 Å². The predicted octanol–water partition coefficient (Wildman–Crippen LogP) is 0.981. The largest absolute Gasteiger partial charge is 0.481 e. The summed E-state index contributed by atoms with van der Waals surface area (Å²) in [5, 5.41) is 23.9. The van der Waals surface area contributed by atoms with Crippen LogP contribution in [0.2, 0.25) is 0 Å². The Bertz CT molecular complexity index is 557. The molecule has 2 atom stereocenters. The number of carbonyl (C=O) groups is 2. The molecular weight excluding hydrogens is 286 g/mol. The number of rotatable bonds is 5. The Hall–Kier alpha value is -1.89. The number of aliphatic carboxylic acids is 1. The van der Waals surface area contributed by atoms with Crippen LogP contribution in [0.3, 0.4) is 0 Å². The van der Waals surface area contributed by atoms with Crippen molar-refractivity contribution in [1.29, 1.82) is 0 Å². The highest BCUT2D eigenvalue weighted by atomic mass is 16.4. The van der Waals surface area contributed by atoms with Gasteiger partial charge in [0.1, 0.15) is 11.1 Å². The number of aliphatic hydroxyl groups is 1. The molecule has 2 rings (SSSR count). The van der Waals surface area contributed by atoms with Gasteiger partial charge in [-0.1, -0.05) is 13.3 Å². The molecule has 22 heavy (non-hydrogen) atoms. The molecule has 0 unspecified atom stereocenters. The number of amides is 1. The van der Waals surface area contributed by atoms with Crippen molar-refractivity contribution in [3.05, 3.63) is 18.0 Å². The van der Waals surface area contributed by atoms with E-state index in [4.69, 9.17) is 0 Å². The van der Waals surface area contributed by atoms with Crippen LogP contribution in [0.4, 0.5) is 0 Å². The fraction of sp³-hybridized carbons (Fsp3) is 0.667. The maximum atomic E-state index is 12.7. The molecule has 1 aromatic rings. The summed E-state index contributed by atoms with van der Waals surface area (Å²) in [6, 6.07) is 1.64. The Kier molecular flexibility index (Phi) is 4.85. The monoisotopic (exact) mass is 309 g/mol. The van der Waals surface area contributed by atoms with Crippen LogP contribution in [0, 0.1) is 5.41 Å². The van der Waals surface area contributed by atoms with E-state index in [9.17, 15) is 19.8 Å². The molecule has 1 aliphatic heterocycles. The fourth-order valence-corrected chi connectivity index (χ4v) is 3.19. The molecule has 1 saturated heterocycles. The molecule has 7 nitrogen and oxygen atoms in total. The van der Waals surface area contributed by atoms with E-state index >= 15 is 0 Å². The van der Waals surface area contributed by atoms with E-state index < -0.39 is 17.5 Å². The standard InChI is InChI=1S/C15H23N3O4/c1-3-7-15(14(21)22)10-17(9-6-12(15)19)13(20)11-5-8-16-18(11)4-2/h5,8,12,19H,3-4,6-7,9-10H2,1-2H3,(H,21,22)/t12-,15-/m1/s1. The number of carboxylic acid groups (broad SMARTS) is 1. The summed E-state index contributed by atoms with van der Waals surface area (Å²) in [6.45, 7) is 4.73. The van der Waals surface area contributed by atoms with Crippen molar-refractivity contribution < 1.29 is 19.8 Å². The second kappa shape index (κ2) is 6.48. The summed E-state index contributed by atoms with van der Waals surface area (Å²) in [7, 11) is 0. The van der Waals surface area contributed by atoms with Gasteiger partial charge >= 0.3 is 5.97 Å². The van der Waals surface area contributed by atoms with Crippen molar-refractivity contribution >= 4 is 11.9 Å². The molecule has 1 aliphatic rings. The first-order valence-corrected chi connectivity index (χ1v) is 7.68. The summed E-state index contributed by atoms with van der Waals surface area (Å²) in [6.07, 6.45) is 1.90. The molecule has 0 aromatic carbocycles. The number of aliphatic hydroxyl groups excluding tert-OH is 1. The Morgan fingerprint density at radius 1 is 1.45 bits per heavy atom. The number of nitrogens with zero attached hydrogens (tertiary/aromatic N) is 3. The molecule has 1 amide bonds. The number of carboxylic acids is 1. The Balaban J connectivity index is 2.26. The smallest absolute Gasteiger partial charge is 0.314 e. The van der Waals surface area contributed by atoms with Crippen LogP contribution in [-0.4, -0.2) is 56.0 Å². The van der Waals surface area contributed by atoms with Crippen molar-refractivity contribution in [2.75, 3.05) is 13.1 Å². The molecular formula is C15H23N3O4. The zero-order valence-electron chi connectivity index (χ0n) is 13.0. The first-order chi connectivity index (χ1) is 10.5. The first-order valence-electron chi connectivity index (χ1n) is 7.68.